The molecule has 0 aromatic heterocycles. The van der Waals surface area contributed by atoms with Crippen molar-refractivity contribution in [3.05, 3.63) is 35.6 Å². The van der Waals surface area contributed by atoms with E-state index in [0.717, 1.165) is 25.2 Å². The molecular formula is C15H21FN2O. The van der Waals surface area contributed by atoms with Gasteiger partial charge in [-0.3, -0.25) is 4.79 Å². The summed E-state index contributed by atoms with van der Waals surface area (Å²) in [6.07, 6.45) is 1.15. The van der Waals surface area contributed by atoms with Crippen molar-refractivity contribution in [2.45, 2.75) is 32.2 Å². The summed E-state index contributed by atoms with van der Waals surface area (Å²) >= 11 is 0. The molecule has 1 heterocycles. The van der Waals surface area contributed by atoms with Gasteiger partial charge in [-0.25, -0.2) is 4.39 Å². The minimum absolute atomic E-state index is 0.127. The molecule has 19 heavy (non-hydrogen) atoms. The fourth-order valence-electron chi connectivity index (χ4n) is 2.48. The second-order valence-corrected chi connectivity index (χ2v) is 5.66. The van der Waals surface area contributed by atoms with Crippen LogP contribution in [0.2, 0.25) is 0 Å². The zero-order chi connectivity index (χ0) is 13.9. The quantitative estimate of drug-likeness (QED) is 0.905. The van der Waals surface area contributed by atoms with Crippen LogP contribution in [0.15, 0.2) is 24.3 Å². The second-order valence-electron chi connectivity index (χ2n) is 5.66. The van der Waals surface area contributed by atoms with Crippen molar-refractivity contribution in [1.29, 1.82) is 0 Å². The molecule has 0 spiro atoms. The van der Waals surface area contributed by atoms with E-state index in [9.17, 15) is 9.18 Å². The summed E-state index contributed by atoms with van der Waals surface area (Å²) in [5.41, 5.74) is 0.876. The monoisotopic (exact) mass is 264 g/mol. The number of hydrogen-bond donors (Lipinski definition) is 1. The van der Waals surface area contributed by atoms with E-state index < -0.39 is 0 Å². The van der Waals surface area contributed by atoms with Crippen LogP contribution in [-0.4, -0.2) is 36.0 Å². The number of nitrogens with zero attached hydrogens (tertiary/aromatic N) is 1. The first-order valence-electron chi connectivity index (χ1n) is 6.75. The van der Waals surface area contributed by atoms with Crippen molar-refractivity contribution in [2.24, 2.45) is 0 Å². The Labute approximate surface area is 113 Å². The van der Waals surface area contributed by atoms with Crippen molar-refractivity contribution in [3.8, 4) is 0 Å². The highest BCUT2D eigenvalue weighted by molar-refractivity contribution is 5.77. The Morgan fingerprint density at radius 3 is 2.68 bits per heavy atom. The molecule has 4 heteroatoms. The van der Waals surface area contributed by atoms with Crippen LogP contribution in [-0.2, 0) is 11.2 Å². The Balaban J connectivity index is 1.92. The van der Waals surface area contributed by atoms with E-state index in [0.29, 0.717) is 12.8 Å². The smallest absolute Gasteiger partial charge is 0.223 e. The molecule has 1 amide bonds. The van der Waals surface area contributed by atoms with Crippen LogP contribution in [0.3, 0.4) is 0 Å². The minimum Gasteiger partial charge on any atom is -0.335 e. The van der Waals surface area contributed by atoms with Gasteiger partial charge in [0.25, 0.3) is 0 Å². The lowest BCUT2D eigenvalue weighted by Crippen LogP contribution is -2.59. The Bertz CT molecular complexity index is 442. The third kappa shape index (κ3) is 3.53. The third-order valence-electron chi connectivity index (χ3n) is 3.64. The van der Waals surface area contributed by atoms with E-state index >= 15 is 0 Å². The van der Waals surface area contributed by atoms with Crippen molar-refractivity contribution in [2.75, 3.05) is 19.6 Å². The number of rotatable bonds is 3. The van der Waals surface area contributed by atoms with Gasteiger partial charge in [0, 0.05) is 31.6 Å². The van der Waals surface area contributed by atoms with E-state index in [1.54, 1.807) is 12.1 Å². The number of piperazine rings is 1. The lowest BCUT2D eigenvalue weighted by Gasteiger charge is -2.43. The second kappa shape index (κ2) is 5.70. The van der Waals surface area contributed by atoms with Crippen LogP contribution < -0.4 is 5.32 Å². The maximum absolute atomic E-state index is 12.8. The summed E-state index contributed by atoms with van der Waals surface area (Å²) < 4.78 is 12.8. The van der Waals surface area contributed by atoms with Gasteiger partial charge in [-0.15, -0.1) is 0 Å². The molecule has 1 aromatic carbocycles. The molecule has 0 atom stereocenters. The molecule has 1 saturated heterocycles. The molecule has 0 radical (unpaired) electrons. The summed E-state index contributed by atoms with van der Waals surface area (Å²) in [6.45, 7) is 6.60. The molecule has 0 unspecified atom stereocenters. The highest BCUT2D eigenvalue weighted by Crippen LogP contribution is 2.18. The van der Waals surface area contributed by atoms with Crippen LogP contribution in [0.1, 0.15) is 25.8 Å². The summed E-state index contributed by atoms with van der Waals surface area (Å²) in [4.78, 5) is 14.2. The summed E-state index contributed by atoms with van der Waals surface area (Å²) in [7, 11) is 0. The number of aryl methyl sites for hydroxylation is 1. The number of carbonyl (C=O) groups is 1. The first kappa shape index (κ1) is 14.0. The van der Waals surface area contributed by atoms with Crippen molar-refractivity contribution < 1.29 is 9.18 Å². The fraction of sp³-hybridized carbons (Fsp3) is 0.533. The highest BCUT2D eigenvalue weighted by Gasteiger charge is 2.32. The van der Waals surface area contributed by atoms with Gasteiger partial charge in [-0.1, -0.05) is 12.1 Å². The van der Waals surface area contributed by atoms with Crippen LogP contribution >= 0.6 is 0 Å². The number of nitrogens with one attached hydrogen (secondary N) is 1. The molecule has 0 saturated carbocycles. The molecule has 2 rings (SSSR count). The Hall–Kier alpha value is -1.42. The molecular weight excluding hydrogens is 243 g/mol. The highest BCUT2D eigenvalue weighted by atomic mass is 19.1. The Morgan fingerprint density at radius 1 is 1.37 bits per heavy atom. The molecule has 3 nitrogen and oxygen atoms in total. The molecule has 104 valence electrons. The van der Waals surface area contributed by atoms with Crippen LogP contribution in [0.5, 0.6) is 0 Å². The van der Waals surface area contributed by atoms with E-state index in [1.165, 1.54) is 12.1 Å². The van der Waals surface area contributed by atoms with Crippen LogP contribution in [0.25, 0.3) is 0 Å². The van der Waals surface area contributed by atoms with Gasteiger partial charge >= 0.3 is 0 Å². The van der Waals surface area contributed by atoms with E-state index in [-0.39, 0.29) is 17.3 Å². The van der Waals surface area contributed by atoms with Crippen molar-refractivity contribution in [3.63, 3.8) is 0 Å². The van der Waals surface area contributed by atoms with Gasteiger partial charge in [-0.05, 0) is 38.0 Å². The minimum atomic E-state index is -0.238. The number of benzene rings is 1. The first-order chi connectivity index (χ1) is 8.99. The topological polar surface area (TPSA) is 32.3 Å². The summed E-state index contributed by atoms with van der Waals surface area (Å²) in [6, 6.07) is 6.36. The van der Waals surface area contributed by atoms with E-state index in [2.05, 4.69) is 19.2 Å². The van der Waals surface area contributed by atoms with E-state index in [1.807, 2.05) is 4.90 Å². The number of hydrogen-bond acceptors (Lipinski definition) is 2. The van der Waals surface area contributed by atoms with Gasteiger partial charge in [0.05, 0.1) is 0 Å². The SMILES string of the molecule is CC1(C)CNCCN1C(=O)CCc1ccc(F)cc1. The average Bonchev–Trinajstić information content (AvgIpc) is 2.37. The molecule has 0 bridgehead atoms. The summed E-state index contributed by atoms with van der Waals surface area (Å²) in [5, 5.41) is 3.30. The summed E-state index contributed by atoms with van der Waals surface area (Å²) in [5.74, 6) is -0.0610. The maximum atomic E-state index is 12.8. The van der Waals surface area contributed by atoms with Crippen molar-refractivity contribution >= 4 is 5.91 Å². The molecule has 1 aliphatic heterocycles. The predicted octanol–water partition coefficient (Wildman–Crippen LogP) is 1.97. The average molecular weight is 264 g/mol. The lowest BCUT2D eigenvalue weighted by atomic mass is 9.99. The molecule has 1 aromatic rings. The largest absolute Gasteiger partial charge is 0.335 e. The zero-order valence-corrected chi connectivity index (χ0v) is 11.6. The lowest BCUT2D eigenvalue weighted by molar-refractivity contribution is -0.137. The molecule has 1 N–H and O–H groups in total. The Morgan fingerprint density at radius 2 is 2.05 bits per heavy atom. The molecule has 1 aliphatic rings. The zero-order valence-electron chi connectivity index (χ0n) is 11.6. The van der Waals surface area contributed by atoms with Crippen LogP contribution in [0, 0.1) is 5.82 Å². The normalized spacial score (nSPS) is 18.4. The fourth-order valence-corrected chi connectivity index (χ4v) is 2.48. The standard InChI is InChI=1S/C15H21FN2O/c1-15(2)11-17-9-10-18(15)14(19)8-5-12-3-6-13(16)7-4-12/h3-4,6-7,17H,5,8-11H2,1-2H3. The first-order valence-corrected chi connectivity index (χ1v) is 6.75. The molecule has 0 aliphatic carbocycles. The number of carbonyl (C=O) groups excluding carboxylic acids is 1. The van der Waals surface area contributed by atoms with Gasteiger partial charge in [-0.2, -0.15) is 0 Å². The third-order valence-corrected chi connectivity index (χ3v) is 3.64. The number of amides is 1. The maximum Gasteiger partial charge on any atom is 0.223 e. The van der Waals surface area contributed by atoms with Crippen molar-refractivity contribution in [1.82, 2.24) is 10.2 Å². The van der Waals surface area contributed by atoms with E-state index in [4.69, 9.17) is 0 Å². The van der Waals surface area contributed by atoms with Gasteiger partial charge < -0.3 is 10.2 Å². The van der Waals surface area contributed by atoms with Gasteiger partial charge in [0.1, 0.15) is 5.82 Å². The van der Waals surface area contributed by atoms with Gasteiger partial charge in [0.2, 0.25) is 5.91 Å². The Kier molecular flexibility index (Phi) is 4.20. The van der Waals surface area contributed by atoms with Crippen LogP contribution in [0.4, 0.5) is 4.39 Å². The predicted molar refractivity (Wildman–Crippen MR) is 73.4 cm³/mol. The van der Waals surface area contributed by atoms with Gasteiger partial charge in [0.15, 0.2) is 0 Å². The molecule has 1 fully saturated rings. The number of halogens is 1.